The Morgan fingerprint density at radius 3 is 2.73 bits per heavy atom. The molecule has 1 rings (SSSR count). The summed E-state index contributed by atoms with van der Waals surface area (Å²) in [5.41, 5.74) is 2.25. The Hall–Kier alpha value is -1.02. The number of nitriles is 2. The van der Waals surface area contributed by atoms with E-state index in [1.807, 2.05) is 30.1 Å². The molecule has 0 radical (unpaired) electrons. The molecule has 2 nitrogen and oxygen atoms in total. The van der Waals surface area contributed by atoms with E-state index in [4.69, 9.17) is 10.5 Å². The van der Waals surface area contributed by atoms with Gasteiger partial charge in [0.15, 0.2) is 0 Å². The maximum atomic E-state index is 8.73. The molecule has 0 aliphatic rings. The molecule has 0 aromatic heterocycles. The van der Waals surface area contributed by atoms with Crippen LogP contribution in [0.1, 0.15) is 11.1 Å². The van der Waals surface area contributed by atoms with Crippen molar-refractivity contribution in [2.75, 3.05) is 0 Å². The van der Waals surface area contributed by atoms with E-state index in [0.29, 0.717) is 0 Å². The van der Waals surface area contributed by atoms with Crippen molar-refractivity contribution in [2.45, 2.75) is 6.92 Å². The first-order valence-corrected chi connectivity index (χ1v) is 7.71. The molecule has 0 spiro atoms. The van der Waals surface area contributed by atoms with E-state index < -0.39 is 0 Å². The summed E-state index contributed by atoms with van der Waals surface area (Å²) in [5, 5.41) is 17.3. The number of rotatable bonds is 3. The molecule has 15 heavy (non-hydrogen) atoms. The molecule has 0 saturated heterocycles. The Balaban J connectivity index is 3.01. The monoisotopic (exact) mass is 328 g/mol. The predicted molar refractivity (Wildman–Crippen MR) is 61.9 cm³/mol. The molecule has 0 aliphatic heterocycles. The molecule has 0 unspecified atom stereocenters. The van der Waals surface area contributed by atoms with Gasteiger partial charge in [-0.3, -0.25) is 0 Å². The summed E-state index contributed by atoms with van der Waals surface area (Å²) in [6.45, 7) is 2.02. The van der Waals surface area contributed by atoms with Crippen LogP contribution in [0.2, 0.25) is 0 Å². The van der Waals surface area contributed by atoms with Gasteiger partial charge in [-0.05, 0) is 0 Å². The van der Waals surface area contributed by atoms with Gasteiger partial charge in [-0.2, -0.15) is 0 Å². The number of hydrogen-bond donors (Lipinski definition) is 0. The molecule has 0 amide bonds. The zero-order chi connectivity index (χ0) is 11.1. The van der Waals surface area contributed by atoms with E-state index in [1.54, 1.807) is 0 Å². The summed E-state index contributed by atoms with van der Waals surface area (Å²) < 4.78 is 1.02. The summed E-state index contributed by atoms with van der Waals surface area (Å²) in [5.74, 6) is 0. The molecule has 0 atom stereocenters. The van der Waals surface area contributed by atoms with Crippen molar-refractivity contribution in [3.63, 3.8) is 0 Å². The van der Waals surface area contributed by atoms with E-state index in [9.17, 15) is 0 Å². The molecule has 1 aromatic carbocycles. The second-order valence-corrected chi connectivity index (χ2v) is 5.86. The first-order chi connectivity index (χ1) is 7.27. The number of aryl methyl sites for hydroxylation is 1. The van der Waals surface area contributed by atoms with Crippen LogP contribution in [0, 0.1) is 27.4 Å². The van der Waals surface area contributed by atoms with Crippen molar-refractivity contribution in [1.29, 1.82) is 10.5 Å². The minimum absolute atomic E-state index is 0.155. The van der Waals surface area contributed by atoms with Crippen LogP contribution in [0.15, 0.2) is 29.2 Å². The van der Waals surface area contributed by atoms with Gasteiger partial charge < -0.3 is 0 Å². The van der Waals surface area contributed by atoms with Crippen molar-refractivity contribution in [1.82, 2.24) is 0 Å². The van der Waals surface area contributed by atoms with Gasteiger partial charge in [0.1, 0.15) is 0 Å². The van der Waals surface area contributed by atoms with Gasteiger partial charge in [0.25, 0.3) is 0 Å². The molecular formula is C11H8N2Se2. The van der Waals surface area contributed by atoms with Gasteiger partial charge in [-0.25, -0.2) is 0 Å². The van der Waals surface area contributed by atoms with Crippen LogP contribution in [-0.2, 0) is 0 Å². The third kappa shape index (κ3) is 3.92. The van der Waals surface area contributed by atoms with E-state index in [1.165, 1.54) is 5.56 Å². The van der Waals surface area contributed by atoms with Crippen LogP contribution < -0.4 is 0 Å². The molecule has 0 aliphatic carbocycles. The van der Waals surface area contributed by atoms with Crippen LogP contribution in [0.3, 0.4) is 0 Å². The molecule has 4 heteroatoms. The molecule has 0 fully saturated rings. The average molecular weight is 326 g/mol. The molecule has 1 aromatic rings. The Bertz CT molecular complexity index is 452. The first-order valence-electron chi connectivity index (χ1n) is 4.16. The first kappa shape index (κ1) is 12.1. The van der Waals surface area contributed by atoms with Gasteiger partial charge in [0.05, 0.1) is 0 Å². The van der Waals surface area contributed by atoms with Crippen molar-refractivity contribution in [2.24, 2.45) is 0 Å². The van der Waals surface area contributed by atoms with Crippen molar-refractivity contribution < 1.29 is 0 Å². The van der Waals surface area contributed by atoms with Crippen molar-refractivity contribution >= 4 is 34.4 Å². The third-order valence-electron chi connectivity index (χ3n) is 1.68. The van der Waals surface area contributed by atoms with Gasteiger partial charge in [0, 0.05) is 0 Å². The normalized spacial score (nSPS) is 10.5. The fraction of sp³-hybridized carbons (Fsp3) is 0.0909. The van der Waals surface area contributed by atoms with E-state index in [0.717, 1.165) is 10.0 Å². The van der Waals surface area contributed by atoms with E-state index >= 15 is 0 Å². The zero-order valence-corrected chi connectivity index (χ0v) is 11.5. The second-order valence-electron chi connectivity index (χ2n) is 2.75. The Labute approximate surface area is 102 Å². The third-order valence-corrected chi connectivity index (χ3v) is 4.79. The Morgan fingerprint density at radius 2 is 2.13 bits per heavy atom. The summed E-state index contributed by atoms with van der Waals surface area (Å²) in [6, 6.07) is 8.05. The van der Waals surface area contributed by atoms with E-state index in [2.05, 4.69) is 16.0 Å². The molecule has 0 N–H and O–H groups in total. The number of benzene rings is 1. The number of hydrogen-bond acceptors (Lipinski definition) is 2. The SMILES string of the molecule is Cc1cccc(/C(=C\[Se]C#N)[Se]C#N)c1. The van der Waals surface area contributed by atoms with Crippen molar-refractivity contribution in [3.05, 3.63) is 40.4 Å². The van der Waals surface area contributed by atoms with Crippen LogP contribution in [0.25, 0.3) is 4.47 Å². The maximum absolute atomic E-state index is 8.73. The van der Waals surface area contributed by atoms with E-state index in [-0.39, 0.29) is 29.9 Å². The minimum atomic E-state index is -0.188. The zero-order valence-electron chi connectivity index (χ0n) is 8.10. The average Bonchev–Trinajstić information content (AvgIpc) is 2.24. The Kier molecular flexibility index (Phi) is 5.19. The molecule has 0 bridgehead atoms. The molecule has 0 heterocycles. The Morgan fingerprint density at radius 1 is 1.33 bits per heavy atom. The quantitative estimate of drug-likeness (QED) is 0.793. The van der Waals surface area contributed by atoms with Crippen LogP contribution in [-0.4, -0.2) is 29.9 Å². The summed E-state index contributed by atoms with van der Waals surface area (Å²) >= 11 is -0.343. The fourth-order valence-corrected chi connectivity index (χ4v) is 3.57. The summed E-state index contributed by atoms with van der Waals surface area (Å²) in [6.07, 6.45) is 0. The second kappa shape index (κ2) is 6.46. The van der Waals surface area contributed by atoms with Crippen molar-refractivity contribution in [3.8, 4) is 9.94 Å². The standard InChI is InChI=1S/C11H8N2Se2/c1-9-3-2-4-10(5-9)11(15-8-13)6-14-7-12/h2-6H,1H3/b11-6+. The predicted octanol–water partition coefficient (Wildman–Crippen LogP) is 1.66. The van der Waals surface area contributed by atoms with Crippen LogP contribution >= 0.6 is 0 Å². The molecule has 74 valence electrons. The molecular weight excluding hydrogens is 318 g/mol. The van der Waals surface area contributed by atoms with Crippen LogP contribution in [0.5, 0.6) is 0 Å². The summed E-state index contributed by atoms with van der Waals surface area (Å²) in [4.78, 5) is 6.22. The topological polar surface area (TPSA) is 47.6 Å². The molecule has 0 saturated carbocycles. The van der Waals surface area contributed by atoms with Gasteiger partial charge in [-0.1, -0.05) is 0 Å². The van der Waals surface area contributed by atoms with Gasteiger partial charge in [0.2, 0.25) is 0 Å². The fourth-order valence-electron chi connectivity index (χ4n) is 1.08. The van der Waals surface area contributed by atoms with Crippen LogP contribution in [0.4, 0.5) is 0 Å². The van der Waals surface area contributed by atoms with Gasteiger partial charge in [-0.15, -0.1) is 0 Å². The summed E-state index contributed by atoms with van der Waals surface area (Å²) in [7, 11) is 0. The number of nitrogens with zero attached hydrogens (tertiary/aromatic N) is 2. The van der Waals surface area contributed by atoms with Gasteiger partial charge >= 0.3 is 102 Å².